The van der Waals surface area contributed by atoms with E-state index in [2.05, 4.69) is 20.2 Å². The van der Waals surface area contributed by atoms with Gasteiger partial charge in [-0.3, -0.25) is 10.1 Å². The Morgan fingerprint density at radius 2 is 2.17 bits per heavy atom. The lowest BCUT2D eigenvalue weighted by Gasteiger charge is -2.13. The Bertz CT molecular complexity index is 833. The van der Waals surface area contributed by atoms with E-state index in [1.807, 2.05) is 31.2 Å². The van der Waals surface area contributed by atoms with Crippen molar-refractivity contribution < 1.29 is 9.53 Å². The fraction of sp³-hybridized carbons (Fsp3) is 0.250. The minimum absolute atomic E-state index is 0.333. The molecule has 0 atom stereocenters. The molecule has 0 aliphatic carbocycles. The summed E-state index contributed by atoms with van der Waals surface area (Å²) >= 11 is 1.45. The van der Waals surface area contributed by atoms with Crippen molar-refractivity contribution in [3.8, 4) is 0 Å². The Kier molecular flexibility index (Phi) is 4.57. The van der Waals surface area contributed by atoms with Gasteiger partial charge in [0.1, 0.15) is 6.33 Å². The second-order valence-electron chi connectivity index (χ2n) is 4.88. The van der Waals surface area contributed by atoms with Crippen LogP contribution in [0.4, 0.5) is 0 Å². The van der Waals surface area contributed by atoms with Gasteiger partial charge in [0.05, 0.1) is 23.4 Å². The molecular formula is C16H16N4O2S. The number of esters is 1. The zero-order chi connectivity index (χ0) is 16.2. The molecule has 23 heavy (non-hydrogen) atoms. The molecule has 0 spiro atoms. The van der Waals surface area contributed by atoms with Gasteiger partial charge in [0, 0.05) is 11.1 Å². The summed E-state index contributed by atoms with van der Waals surface area (Å²) in [4.78, 5) is 21.1. The number of carbonyl (C=O) groups excluding carboxylic acids is 1. The number of aryl methyl sites for hydroxylation is 1. The molecule has 0 radical (unpaired) electrons. The van der Waals surface area contributed by atoms with Crippen LogP contribution < -0.4 is 0 Å². The Morgan fingerprint density at radius 1 is 1.35 bits per heavy atom. The van der Waals surface area contributed by atoms with Crippen molar-refractivity contribution in [1.82, 2.24) is 20.2 Å². The average Bonchev–Trinajstić information content (AvgIpc) is 3.06. The number of nitrogens with zero attached hydrogens (tertiary/aromatic N) is 3. The number of rotatable bonds is 5. The molecule has 3 rings (SSSR count). The van der Waals surface area contributed by atoms with Gasteiger partial charge in [0.2, 0.25) is 0 Å². The van der Waals surface area contributed by atoms with E-state index in [9.17, 15) is 4.79 Å². The number of H-pyrrole nitrogens is 1. The Morgan fingerprint density at radius 3 is 2.91 bits per heavy atom. The van der Waals surface area contributed by atoms with Crippen LogP contribution in [0, 0.1) is 6.92 Å². The first-order valence-corrected chi connectivity index (χ1v) is 8.22. The summed E-state index contributed by atoms with van der Waals surface area (Å²) in [7, 11) is 0. The summed E-state index contributed by atoms with van der Waals surface area (Å²) < 4.78 is 5.21. The van der Waals surface area contributed by atoms with Gasteiger partial charge in [0.25, 0.3) is 0 Å². The smallest absolute Gasteiger partial charge is 0.340 e. The summed E-state index contributed by atoms with van der Waals surface area (Å²) in [5.41, 5.74) is 2.99. The molecule has 0 unspecified atom stereocenters. The van der Waals surface area contributed by atoms with Crippen LogP contribution in [0.2, 0.25) is 0 Å². The molecule has 0 aliphatic rings. The van der Waals surface area contributed by atoms with Gasteiger partial charge in [0.15, 0.2) is 5.16 Å². The molecule has 1 aromatic carbocycles. The van der Waals surface area contributed by atoms with Crippen molar-refractivity contribution in [2.75, 3.05) is 6.61 Å². The van der Waals surface area contributed by atoms with Crippen molar-refractivity contribution >= 4 is 28.6 Å². The Labute approximate surface area is 137 Å². The van der Waals surface area contributed by atoms with Crippen molar-refractivity contribution in [3.05, 3.63) is 47.4 Å². The molecule has 0 amide bonds. The molecule has 1 N–H and O–H groups in total. The van der Waals surface area contributed by atoms with Crippen LogP contribution in [-0.2, 0) is 10.5 Å². The quantitative estimate of drug-likeness (QED) is 0.572. The van der Waals surface area contributed by atoms with Gasteiger partial charge in [-0.2, -0.15) is 5.10 Å². The van der Waals surface area contributed by atoms with Crippen LogP contribution in [0.3, 0.4) is 0 Å². The van der Waals surface area contributed by atoms with E-state index in [-0.39, 0.29) is 5.97 Å². The number of nitrogens with one attached hydrogen (secondary N) is 1. The predicted molar refractivity (Wildman–Crippen MR) is 88.4 cm³/mol. The largest absolute Gasteiger partial charge is 0.462 e. The predicted octanol–water partition coefficient (Wildman–Crippen LogP) is 3.13. The van der Waals surface area contributed by atoms with Crippen LogP contribution >= 0.6 is 11.8 Å². The number of thioether (sulfide) groups is 1. The number of hydrogen-bond donors (Lipinski definition) is 1. The number of para-hydroxylation sites is 1. The maximum absolute atomic E-state index is 12.4. The third-order valence-corrected chi connectivity index (χ3v) is 4.33. The first-order chi connectivity index (χ1) is 11.2. The van der Waals surface area contributed by atoms with Crippen LogP contribution in [0.25, 0.3) is 10.9 Å². The Hall–Kier alpha value is -2.41. The van der Waals surface area contributed by atoms with Gasteiger partial charge in [-0.15, -0.1) is 0 Å². The first-order valence-electron chi connectivity index (χ1n) is 7.24. The SMILES string of the molecule is CCOC(=O)c1c(CSc2ncn[nH]2)nc2ccccc2c1C. The number of pyridine rings is 1. The zero-order valence-corrected chi connectivity index (χ0v) is 13.7. The lowest BCUT2D eigenvalue weighted by atomic mass is 10.0. The van der Waals surface area contributed by atoms with Crippen molar-refractivity contribution in [1.29, 1.82) is 0 Å². The van der Waals surface area contributed by atoms with E-state index in [1.54, 1.807) is 6.92 Å². The monoisotopic (exact) mass is 328 g/mol. The number of aromatic amines is 1. The highest BCUT2D eigenvalue weighted by atomic mass is 32.2. The van der Waals surface area contributed by atoms with E-state index in [1.165, 1.54) is 18.1 Å². The second-order valence-corrected chi connectivity index (χ2v) is 5.84. The average molecular weight is 328 g/mol. The Balaban J connectivity index is 2.05. The van der Waals surface area contributed by atoms with Gasteiger partial charge in [-0.05, 0) is 25.5 Å². The molecule has 3 aromatic rings. The van der Waals surface area contributed by atoms with Crippen LogP contribution in [0.15, 0.2) is 35.7 Å². The molecule has 7 heteroatoms. The highest BCUT2D eigenvalue weighted by molar-refractivity contribution is 7.98. The standard InChI is InChI=1S/C16H16N4O2S/c1-3-22-15(21)14-10(2)11-6-4-5-7-12(11)19-13(14)8-23-16-17-9-18-20-16/h4-7,9H,3,8H2,1-2H3,(H,17,18,20). The number of ether oxygens (including phenoxy) is 1. The molecule has 0 aliphatic heterocycles. The summed E-state index contributed by atoms with van der Waals surface area (Å²) in [5, 5.41) is 8.26. The van der Waals surface area contributed by atoms with Crippen molar-refractivity contribution in [2.45, 2.75) is 24.8 Å². The number of benzene rings is 1. The van der Waals surface area contributed by atoms with Gasteiger partial charge >= 0.3 is 5.97 Å². The molecule has 0 saturated carbocycles. The van der Waals surface area contributed by atoms with Crippen LogP contribution in [0.5, 0.6) is 0 Å². The molecule has 0 saturated heterocycles. The summed E-state index contributed by atoms with van der Waals surface area (Å²) in [6.07, 6.45) is 1.45. The summed E-state index contributed by atoms with van der Waals surface area (Å²) in [6.45, 7) is 4.06. The topological polar surface area (TPSA) is 80.8 Å². The van der Waals surface area contributed by atoms with E-state index < -0.39 is 0 Å². The zero-order valence-electron chi connectivity index (χ0n) is 12.9. The molecule has 118 valence electrons. The third-order valence-electron chi connectivity index (χ3n) is 3.45. The van der Waals surface area contributed by atoms with Gasteiger partial charge < -0.3 is 4.74 Å². The van der Waals surface area contributed by atoms with Crippen LogP contribution in [-0.4, -0.2) is 32.7 Å². The third kappa shape index (κ3) is 3.19. The van der Waals surface area contributed by atoms with E-state index in [0.717, 1.165) is 16.5 Å². The number of aromatic nitrogens is 4. The van der Waals surface area contributed by atoms with Gasteiger partial charge in [-0.1, -0.05) is 30.0 Å². The molecule has 2 heterocycles. The summed E-state index contributed by atoms with van der Waals surface area (Å²) in [6, 6.07) is 7.79. The number of carbonyl (C=O) groups is 1. The normalized spacial score (nSPS) is 10.9. The molecule has 2 aromatic heterocycles. The van der Waals surface area contributed by atoms with E-state index in [0.29, 0.717) is 28.8 Å². The second kappa shape index (κ2) is 6.78. The highest BCUT2D eigenvalue weighted by Crippen LogP contribution is 2.27. The van der Waals surface area contributed by atoms with Crippen LogP contribution in [0.1, 0.15) is 28.5 Å². The lowest BCUT2D eigenvalue weighted by molar-refractivity contribution is 0.0524. The summed E-state index contributed by atoms with van der Waals surface area (Å²) in [5.74, 6) is 0.172. The number of fused-ring (bicyclic) bond motifs is 1. The fourth-order valence-electron chi connectivity index (χ4n) is 2.42. The van der Waals surface area contributed by atoms with Crippen molar-refractivity contribution in [2.24, 2.45) is 0 Å². The van der Waals surface area contributed by atoms with Gasteiger partial charge in [-0.25, -0.2) is 9.78 Å². The highest BCUT2D eigenvalue weighted by Gasteiger charge is 2.20. The van der Waals surface area contributed by atoms with E-state index in [4.69, 9.17) is 4.74 Å². The fourth-order valence-corrected chi connectivity index (χ4v) is 3.14. The maximum atomic E-state index is 12.4. The molecule has 0 bridgehead atoms. The minimum Gasteiger partial charge on any atom is -0.462 e. The van der Waals surface area contributed by atoms with Crippen molar-refractivity contribution in [3.63, 3.8) is 0 Å². The molecule has 0 fully saturated rings. The minimum atomic E-state index is -0.337. The lowest BCUT2D eigenvalue weighted by Crippen LogP contribution is -2.12. The maximum Gasteiger partial charge on any atom is 0.340 e. The molecular weight excluding hydrogens is 312 g/mol. The molecule has 6 nitrogen and oxygen atoms in total. The van der Waals surface area contributed by atoms with E-state index >= 15 is 0 Å². The first kappa shape index (κ1) is 15.5. The number of hydrogen-bond acceptors (Lipinski definition) is 6.